The van der Waals surface area contributed by atoms with Crippen LogP contribution in [0.25, 0.3) is 0 Å². The number of benzene rings is 2. The van der Waals surface area contributed by atoms with Crippen LogP contribution in [0.2, 0.25) is 0 Å². The lowest BCUT2D eigenvalue weighted by atomic mass is 9.98. The van der Waals surface area contributed by atoms with E-state index in [1.54, 1.807) is 18.2 Å². The number of nitrogens with zero attached hydrogens (tertiary/aromatic N) is 1. The number of carbonyl (C=O) groups is 2. The van der Waals surface area contributed by atoms with Gasteiger partial charge in [-0.3, -0.25) is 9.59 Å². The summed E-state index contributed by atoms with van der Waals surface area (Å²) in [5, 5.41) is 2.61. The minimum absolute atomic E-state index is 0.00503. The molecule has 1 N–H and O–H groups in total. The van der Waals surface area contributed by atoms with Gasteiger partial charge in [-0.1, -0.05) is 0 Å². The number of hydrogen-bond donors (Lipinski definition) is 1. The van der Waals surface area contributed by atoms with Gasteiger partial charge in [-0.25, -0.2) is 12.8 Å². The lowest BCUT2D eigenvalue weighted by Gasteiger charge is -2.30. The molecule has 1 aliphatic rings. The number of halogens is 1. The Hall–Kier alpha value is -3.18. The van der Waals surface area contributed by atoms with Crippen LogP contribution in [0.15, 0.2) is 47.4 Å². The number of carbonyl (C=O) groups excluding carboxylic acids is 2. The SMILES string of the molecule is COc1ccc(OC)c(NC(=O)COC(=O)C2CCN(S(=O)(=O)c3ccc(F)cc3)CC2)c1. The summed E-state index contributed by atoms with van der Waals surface area (Å²) in [7, 11) is -0.822. The molecule has 2 aromatic carbocycles. The van der Waals surface area contributed by atoms with Crippen molar-refractivity contribution in [2.75, 3.05) is 39.2 Å². The van der Waals surface area contributed by atoms with Crippen molar-refractivity contribution in [3.05, 3.63) is 48.3 Å². The number of piperidine rings is 1. The van der Waals surface area contributed by atoms with E-state index in [0.717, 1.165) is 12.1 Å². The third-order valence-corrected chi connectivity index (χ3v) is 7.18. The lowest BCUT2D eigenvalue weighted by molar-refractivity contribution is -0.152. The Labute approximate surface area is 191 Å². The second-order valence-corrected chi connectivity index (χ2v) is 9.29. The molecule has 178 valence electrons. The Kier molecular flexibility index (Phi) is 7.88. The van der Waals surface area contributed by atoms with E-state index in [1.807, 2.05) is 0 Å². The van der Waals surface area contributed by atoms with Gasteiger partial charge in [0.15, 0.2) is 6.61 Å². The Morgan fingerprint density at radius 2 is 1.73 bits per heavy atom. The van der Waals surface area contributed by atoms with Crippen molar-refractivity contribution < 1.29 is 36.6 Å². The Morgan fingerprint density at radius 3 is 2.33 bits per heavy atom. The number of amides is 1. The number of nitrogens with one attached hydrogen (secondary N) is 1. The molecule has 1 aliphatic heterocycles. The zero-order valence-corrected chi connectivity index (χ0v) is 19.1. The fraction of sp³-hybridized carbons (Fsp3) is 0.364. The second-order valence-electron chi connectivity index (χ2n) is 7.35. The first-order valence-corrected chi connectivity index (χ1v) is 11.6. The van der Waals surface area contributed by atoms with Crippen LogP contribution in [0.3, 0.4) is 0 Å². The van der Waals surface area contributed by atoms with Crippen molar-refractivity contribution in [2.24, 2.45) is 5.92 Å². The molecule has 1 amide bonds. The first-order valence-electron chi connectivity index (χ1n) is 10.2. The molecular formula is C22H25FN2O7S. The fourth-order valence-electron chi connectivity index (χ4n) is 3.44. The number of esters is 1. The summed E-state index contributed by atoms with van der Waals surface area (Å²) < 4.78 is 55.1. The van der Waals surface area contributed by atoms with Crippen LogP contribution in [0, 0.1) is 11.7 Å². The first kappa shape index (κ1) is 24.5. The zero-order valence-electron chi connectivity index (χ0n) is 18.2. The van der Waals surface area contributed by atoms with Crippen LogP contribution in [0.4, 0.5) is 10.1 Å². The summed E-state index contributed by atoms with van der Waals surface area (Å²) in [5.74, 6) is -1.23. The standard InChI is InChI=1S/C22H25FN2O7S/c1-30-17-5-8-20(31-2)19(13-17)24-21(26)14-32-22(27)15-9-11-25(12-10-15)33(28,29)18-6-3-16(23)4-7-18/h3-8,13,15H,9-12,14H2,1-2H3,(H,24,26). The normalized spacial score (nSPS) is 15.0. The molecule has 33 heavy (non-hydrogen) atoms. The van der Waals surface area contributed by atoms with Gasteiger partial charge in [0, 0.05) is 19.2 Å². The summed E-state index contributed by atoms with van der Waals surface area (Å²) in [4.78, 5) is 24.6. The van der Waals surface area contributed by atoms with E-state index in [0.29, 0.717) is 17.2 Å². The summed E-state index contributed by atoms with van der Waals surface area (Å²) >= 11 is 0. The average Bonchev–Trinajstić information content (AvgIpc) is 2.82. The summed E-state index contributed by atoms with van der Waals surface area (Å²) in [6.07, 6.45) is 0.509. The van der Waals surface area contributed by atoms with Crippen LogP contribution in [0.1, 0.15) is 12.8 Å². The summed E-state index contributed by atoms with van der Waals surface area (Å²) in [6, 6.07) is 9.48. The molecule has 0 aliphatic carbocycles. The second kappa shape index (κ2) is 10.6. The summed E-state index contributed by atoms with van der Waals surface area (Å²) in [6.45, 7) is -0.257. The topological polar surface area (TPSA) is 111 Å². The molecule has 2 aromatic rings. The smallest absolute Gasteiger partial charge is 0.309 e. The maximum absolute atomic E-state index is 13.1. The monoisotopic (exact) mass is 480 g/mol. The van der Waals surface area contributed by atoms with Gasteiger partial charge in [0.05, 0.1) is 30.7 Å². The molecule has 0 saturated carbocycles. The molecule has 3 rings (SSSR count). The quantitative estimate of drug-likeness (QED) is 0.578. The van der Waals surface area contributed by atoms with E-state index < -0.39 is 40.2 Å². The third kappa shape index (κ3) is 5.99. The molecule has 0 aromatic heterocycles. The van der Waals surface area contributed by atoms with E-state index >= 15 is 0 Å². The Balaban J connectivity index is 1.50. The number of methoxy groups -OCH3 is 2. The molecule has 0 radical (unpaired) electrons. The highest BCUT2D eigenvalue weighted by Crippen LogP contribution is 2.29. The highest BCUT2D eigenvalue weighted by atomic mass is 32.2. The number of anilines is 1. The van der Waals surface area contributed by atoms with Crippen molar-refractivity contribution in [2.45, 2.75) is 17.7 Å². The Morgan fingerprint density at radius 1 is 1.06 bits per heavy atom. The zero-order chi connectivity index (χ0) is 24.0. The molecule has 0 bridgehead atoms. The number of sulfonamides is 1. The molecule has 1 heterocycles. The van der Waals surface area contributed by atoms with Gasteiger partial charge in [0.2, 0.25) is 10.0 Å². The first-order chi connectivity index (χ1) is 15.7. The number of ether oxygens (including phenoxy) is 3. The van der Waals surface area contributed by atoms with E-state index in [9.17, 15) is 22.4 Å². The van der Waals surface area contributed by atoms with Gasteiger partial charge in [0.25, 0.3) is 5.91 Å². The molecule has 11 heteroatoms. The van der Waals surface area contributed by atoms with E-state index in [1.165, 1.54) is 30.7 Å². The van der Waals surface area contributed by atoms with E-state index in [2.05, 4.69) is 5.32 Å². The molecule has 1 fully saturated rings. The number of hydrogen-bond acceptors (Lipinski definition) is 7. The fourth-order valence-corrected chi connectivity index (χ4v) is 4.91. The van der Waals surface area contributed by atoms with E-state index in [-0.39, 0.29) is 30.8 Å². The van der Waals surface area contributed by atoms with Gasteiger partial charge in [-0.15, -0.1) is 0 Å². The molecular weight excluding hydrogens is 455 g/mol. The van der Waals surface area contributed by atoms with Crippen molar-refractivity contribution >= 4 is 27.6 Å². The maximum Gasteiger partial charge on any atom is 0.309 e. The van der Waals surface area contributed by atoms with Crippen molar-refractivity contribution in [1.82, 2.24) is 4.31 Å². The van der Waals surface area contributed by atoms with Gasteiger partial charge < -0.3 is 19.5 Å². The van der Waals surface area contributed by atoms with Crippen molar-refractivity contribution in [3.63, 3.8) is 0 Å². The van der Waals surface area contributed by atoms with Gasteiger partial charge in [0.1, 0.15) is 17.3 Å². The minimum atomic E-state index is -3.77. The lowest BCUT2D eigenvalue weighted by Crippen LogP contribution is -2.40. The molecule has 9 nitrogen and oxygen atoms in total. The van der Waals surface area contributed by atoms with Gasteiger partial charge in [-0.05, 0) is 49.2 Å². The van der Waals surface area contributed by atoms with Crippen LogP contribution >= 0.6 is 0 Å². The largest absolute Gasteiger partial charge is 0.497 e. The highest BCUT2D eigenvalue weighted by Gasteiger charge is 2.33. The van der Waals surface area contributed by atoms with E-state index in [4.69, 9.17) is 14.2 Å². The predicted molar refractivity (Wildman–Crippen MR) is 117 cm³/mol. The number of rotatable bonds is 8. The van der Waals surface area contributed by atoms with Crippen LogP contribution < -0.4 is 14.8 Å². The third-order valence-electron chi connectivity index (χ3n) is 5.26. The average molecular weight is 481 g/mol. The minimum Gasteiger partial charge on any atom is -0.497 e. The van der Waals surface area contributed by atoms with Crippen LogP contribution in [0.5, 0.6) is 11.5 Å². The molecule has 0 atom stereocenters. The molecule has 0 unspecified atom stereocenters. The van der Waals surface area contributed by atoms with Crippen LogP contribution in [-0.2, 0) is 24.3 Å². The predicted octanol–water partition coefficient (Wildman–Crippen LogP) is 2.43. The van der Waals surface area contributed by atoms with Gasteiger partial charge >= 0.3 is 5.97 Å². The van der Waals surface area contributed by atoms with Crippen LogP contribution in [-0.4, -0.2) is 58.5 Å². The molecule has 1 saturated heterocycles. The van der Waals surface area contributed by atoms with Crippen molar-refractivity contribution in [3.8, 4) is 11.5 Å². The van der Waals surface area contributed by atoms with Crippen molar-refractivity contribution in [1.29, 1.82) is 0 Å². The van der Waals surface area contributed by atoms with Gasteiger partial charge in [-0.2, -0.15) is 4.31 Å². The maximum atomic E-state index is 13.1. The Bertz CT molecular complexity index is 1100. The highest BCUT2D eigenvalue weighted by molar-refractivity contribution is 7.89. The molecule has 0 spiro atoms. The summed E-state index contributed by atoms with van der Waals surface area (Å²) in [5.41, 5.74) is 0.372.